The molecule has 0 aliphatic heterocycles. The van der Waals surface area contributed by atoms with Crippen LogP contribution in [0.3, 0.4) is 0 Å². The topological polar surface area (TPSA) is 67.4 Å². The quantitative estimate of drug-likeness (QED) is 0.182. The van der Waals surface area contributed by atoms with Crippen LogP contribution in [0.2, 0.25) is 0 Å². The van der Waals surface area contributed by atoms with Gasteiger partial charge < -0.3 is 4.57 Å². The van der Waals surface area contributed by atoms with E-state index in [1.165, 1.54) is 16.7 Å². The largest absolute Gasteiger partial charge is 0.308 e. The Hall–Kier alpha value is -7.16. The Morgan fingerprint density at radius 3 is 1.54 bits per heavy atom. The molecule has 0 radical (unpaired) electrons. The average molecular weight is 680 g/mol. The summed E-state index contributed by atoms with van der Waals surface area (Å²) >= 11 is 0. The molecular weight excluding hydrogens is 635 g/mol. The predicted octanol–water partition coefficient (Wildman–Crippen LogP) is 11.0. The van der Waals surface area contributed by atoms with Crippen molar-refractivity contribution in [3.63, 3.8) is 0 Å². The lowest BCUT2D eigenvalue weighted by atomic mass is 9.85. The van der Waals surface area contributed by atoms with E-state index in [9.17, 15) is 10.7 Å². The van der Waals surface area contributed by atoms with Gasteiger partial charge in [0.1, 0.15) is 0 Å². The summed E-state index contributed by atoms with van der Waals surface area (Å²) in [6, 6.07) is 12.2. The van der Waals surface area contributed by atoms with Gasteiger partial charge in [-0.15, -0.1) is 0 Å². The molecule has 1 aliphatic carbocycles. The molecule has 7 aromatic carbocycles. The predicted molar refractivity (Wildman–Crippen MR) is 208 cm³/mol. The number of hydrogen-bond donors (Lipinski definition) is 0. The van der Waals surface area contributed by atoms with Crippen LogP contribution in [0.1, 0.15) is 50.1 Å². The maximum absolute atomic E-state index is 11.2. The molecule has 0 bridgehead atoms. The molecule has 9 aromatic rings. The van der Waals surface area contributed by atoms with Gasteiger partial charge in [0.05, 0.1) is 50.3 Å². The number of fused-ring (bicyclic) bond motifs is 6. The highest BCUT2D eigenvalue weighted by Crippen LogP contribution is 2.50. The van der Waals surface area contributed by atoms with Gasteiger partial charge in [-0.2, -0.15) is 5.26 Å². The fraction of sp³-hybridized carbons (Fsp3) is 0.0213. The van der Waals surface area contributed by atoms with Crippen LogP contribution in [0.25, 0.3) is 72.8 Å². The molecule has 0 saturated carbocycles. The van der Waals surface area contributed by atoms with E-state index in [0.717, 1.165) is 0 Å². The van der Waals surface area contributed by atoms with Crippen molar-refractivity contribution >= 4 is 21.8 Å². The van der Waals surface area contributed by atoms with Crippen molar-refractivity contribution in [3.8, 4) is 57.0 Å². The molecule has 0 amide bonds. The minimum absolute atomic E-state index is 0.0240. The number of rotatable bonds is 5. The average Bonchev–Trinajstić information content (AvgIpc) is 3.91. The first kappa shape index (κ1) is 17.7. The molecule has 0 saturated heterocycles. The van der Waals surface area contributed by atoms with Crippen molar-refractivity contribution in [2.24, 2.45) is 0 Å². The van der Waals surface area contributed by atoms with Crippen LogP contribution in [0.4, 0.5) is 0 Å². The van der Waals surface area contributed by atoms with E-state index in [1.54, 1.807) is 60.7 Å². The van der Waals surface area contributed by atoms with Gasteiger partial charge in [0.15, 0.2) is 17.5 Å². The van der Waals surface area contributed by atoms with Gasteiger partial charge in [0, 0.05) is 33.4 Å². The van der Waals surface area contributed by atoms with Crippen LogP contribution >= 0.6 is 0 Å². The van der Waals surface area contributed by atoms with Gasteiger partial charge in [-0.05, 0) is 52.0 Å². The minimum Gasteiger partial charge on any atom is -0.308 e. The van der Waals surface area contributed by atoms with Crippen molar-refractivity contribution < 1.29 is 21.9 Å². The molecule has 0 N–H and O–H groups in total. The summed E-state index contributed by atoms with van der Waals surface area (Å²) in [4.78, 5) is 14.6. The summed E-state index contributed by atoms with van der Waals surface area (Å²) in [6.07, 6.45) is 0. The molecule has 10 rings (SSSR count). The van der Waals surface area contributed by atoms with Crippen LogP contribution in [-0.4, -0.2) is 19.5 Å². The fourth-order valence-corrected chi connectivity index (χ4v) is 6.82. The second kappa shape index (κ2) is 12.0. The Bertz CT molecular complexity index is 3570. The Labute approximate surface area is 323 Å². The third-order valence-corrected chi connectivity index (χ3v) is 9.07. The number of para-hydroxylation sites is 2. The van der Waals surface area contributed by atoms with Gasteiger partial charge in [0.25, 0.3) is 0 Å². The highest BCUT2D eigenvalue weighted by molar-refractivity contribution is 6.09. The molecule has 0 spiro atoms. The summed E-state index contributed by atoms with van der Waals surface area (Å²) in [7, 11) is 0. The van der Waals surface area contributed by atoms with Crippen molar-refractivity contribution in [1.29, 1.82) is 5.26 Å². The van der Waals surface area contributed by atoms with Crippen molar-refractivity contribution in [1.82, 2.24) is 19.5 Å². The van der Waals surface area contributed by atoms with Crippen molar-refractivity contribution in [2.45, 2.75) is 5.92 Å². The van der Waals surface area contributed by atoms with E-state index < -0.39 is 103 Å². The maximum atomic E-state index is 11.2. The third kappa shape index (κ3) is 4.66. The first-order chi connectivity index (χ1) is 32.4. The first-order valence-electron chi connectivity index (χ1n) is 24.1. The van der Waals surface area contributed by atoms with Crippen LogP contribution in [-0.2, 0) is 0 Å². The highest BCUT2D eigenvalue weighted by atomic mass is 15.1. The van der Waals surface area contributed by atoms with E-state index in [1.807, 2.05) is 0 Å². The molecule has 1 aliphatic rings. The van der Waals surface area contributed by atoms with Gasteiger partial charge in [-0.25, -0.2) is 15.0 Å². The van der Waals surface area contributed by atoms with E-state index in [-0.39, 0.29) is 83.9 Å². The zero-order valence-corrected chi connectivity index (χ0v) is 26.7. The molecule has 0 atom stereocenters. The highest BCUT2D eigenvalue weighted by Gasteiger charge is 2.32. The lowest BCUT2D eigenvalue weighted by Crippen LogP contribution is -2.08. The molecule has 2 heterocycles. The molecule has 5 nitrogen and oxygen atoms in total. The Kier molecular flexibility index (Phi) is 4.08. The zero-order valence-electron chi connectivity index (χ0n) is 42.7. The normalized spacial score (nSPS) is 16.4. The second-order valence-electron chi connectivity index (χ2n) is 11.9. The summed E-state index contributed by atoms with van der Waals surface area (Å²) in [5.41, 5.74) is -0.695. The van der Waals surface area contributed by atoms with E-state index in [4.69, 9.17) is 31.4 Å². The van der Waals surface area contributed by atoms with Gasteiger partial charge in [0.2, 0.25) is 0 Å². The molecule has 242 valence electrons. The van der Waals surface area contributed by atoms with Crippen LogP contribution in [0.5, 0.6) is 0 Å². The summed E-state index contributed by atoms with van der Waals surface area (Å²) in [5.74, 6) is -1.29. The van der Waals surface area contributed by atoms with Crippen LogP contribution in [0, 0.1) is 11.3 Å². The second-order valence-corrected chi connectivity index (χ2v) is 11.9. The lowest BCUT2D eigenvalue weighted by Gasteiger charge is -2.21. The molecule has 0 fully saturated rings. The first-order valence-corrected chi connectivity index (χ1v) is 16.1. The minimum atomic E-state index is -1.51. The van der Waals surface area contributed by atoms with Crippen LogP contribution in [0.15, 0.2) is 169 Å². The molecule has 52 heavy (non-hydrogen) atoms. The van der Waals surface area contributed by atoms with Crippen molar-refractivity contribution in [3.05, 3.63) is 192 Å². The summed E-state index contributed by atoms with van der Waals surface area (Å²) in [5, 5.41) is 10.7. The smallest absolute Gasteiger partial charge is 0.166 e. The number of nitriles is 1. The summed E-state index contributed by atoms with van der Waals surface area (Å²) in [6.45, 7) is 0. The van der Waals surface area contributed by atoms with E-state index >= 15 is 0 Å². The number of nitrogens with zero attached hydrogens (tertiary/aromatic N) is 5. The number of benzene rings is 7. The fourth-order valence-electron chi connectivity index (χ4n) is 6.82. The molecule has 5 heteroatoms. The third-order valence-electron chi connectivity index (χ3n) is 9.07. The zero-order chi connectivity index (χ0) is 48.5. The van der Waals surface area contributed by atoms with Gasteiger partial charge in [-0.1, -0.05) is 145 Å². The summed E-state index contributed by atoms with van der Waals surface area (Å²) < 4.78 is 144. The molecular formula is C47H29N5. The monoisotopic (exact) mass is 679 g/mol. The van der Waals surface area contributed by atoms with Crippen LogP contribution < -0.4 is 0 Å². The van der Waals surface area contributed by atoms with Gasteiger partial charge >= 0.3 is 0 Å². The standard InChI is InChI=1S/C47H29N5/c48-29-32-27-40(47-50-45(30-15-3-1-4-16-30)49-46(51-47)31-17-5-2-6-18-31)43(52-41-25-13-11-21-35(41)36-22-12-14-26-42(36)52)28-39(32)44-37-23-9-7-19-33(37)34-20-8-10-24-38(34)44/h1-28,44H/i7D,8D,9D,10D,11D,12D,13D,14D,19D,20D,21D,22D,23D,24D,25D,26D. The molecule has 2 aromatic heterocycles. The Morgan fingerprint density at radius 1 is 0.519 bits per heavy atom. The molecule has 0 unspecified atom stereocenters. The lowest BCUT2D eigenvalue weighted by molar-refractivity contribution is 0.996. The SMILES string of the molecule is [2H]c1c([2H])c([2H])c2c(c1[2H])-c1c([2H])c([2H])c([2H])c([2H])c1C2c1cc(-n2c3c([2H])c([2H])c([2H])c([2H])c3c3c([2H])c([2H])c([2H])c([2H])c32)c(-c2nc(-c3ccccc3)nc(-c3ccccc3)n2)cc1C#N. The number of aromatic nitrogens is 4. The Morgan fingerprint density at radius 2 is 1.00 bits per heavy atom. The van der Waals surface area contributed by atoms with E-state index in [0.29, 0.717) is 11.1 Å². The number of hydrogen-bond acceptors (Lipinski definition) is 4. The Balaban J connectivity index is 1.45. The van der Waals surface area contributed by atoms with E-state index in [2.05, 4.69) is 6.07 Å². The van der Waals surface area contributed by atoms with Gasteiger partial charge in [-0.3, -0.25) is 0 Å². The van der Waals surface area contributed by atoms with Crippen molar-refractivity contribution in [2.75, 3.05) is 0 Å². The maximum Gasteiger partial charge on any atom is 0.166 e.